The fourth-order valence-electron chi connectivity index (χ4n) is 2.42. The summed E-state index contributed by atoms with van der Waals surface area (Å²) < 4.78 is 5.26. The number of nitro benzene ring substituents is 1. The number of amides is 1. The molecule has 0 aromatic heterocycles. The Kier molecular flexibility index (Phi) is 4.92. The highest BCUT2D eigenvalue weighted by molar-refractivity contribution is 8.27. The van der Waals surface area contributed by atoms with Crippen LogP contribution in [0.1, 0.15) is 5.56 Å². The van der Waals surface area contributed by atoms with Crippen LogP contribution in [0, 0.1) is 10.1 Å². The van der Waals surface area contributed by atoms with Crippen LogP contribution in [-0.4, -0.2) is 27.4 Å². The minimum atomic E-state index is -0.553. The number of thiocarbonyl (C=S) groups is 1. The second-order valence-corrected chi connectivity index (χ2v) is 6.87. The van der Waals surface area contributed by atoms with Crippen molar-refractivity contribution in [2.45, 2.75) is 0 Å². The van der Waals surface area contributed by atoms with Crippen LogP contribution in [0.3, 0.4) is 0 Å². The summed E-state index contributed by atoms with van der Waals surface area (Å²) in [5.74, 6) is -0.189. The first kappa shape index (κ1) is 17.9. The third-order valence-electron chi connectivity index (χ3n) is 3.61. The van der Waals surface area contributed by atoms with Crippen molar-refractivity contribution in [1.29, 1.82) is 0 Å². The normalized spacial score (nSPS) is 15.6. The van der Waals surface area contributed by atoms with E-state index in [0.29, 0.717) is 10.5 Å². The Balaban J connectivity index is 1.99. The number of para-hydroxylation sites is 2. The zero-order valence-electron chi connectivity index (χ0n) is 13.4. The third-order valence-corrected chi connectivity index (χ3v) is 4.92. The second-order valence-electron chi connectivity index (χ2n) is 5.19. The molecule has 1 amide bonds. The molecule has 2 aromatic carbocycles. The van der Waals surface area contributed by atoms with Gasteiger partial charge in [0.05, 0.1) is 16.9 Å². The maximum atomic E-state index is 12.8. The fourth-order valence-corrected chi connectivity index (χ4v) is 3.70. The molecule has 1 fully saturated rings. The first-order valence-corrected chi connectivity index (χ1v) is 8.53. The molecule has 1 aliphatic heterocycles. The number of thioether (sulfide) groups is 1. The predicted octanol–water partition coefficient (Wildman–Crippen LogP) is 3.71. The van der Waals surface area contributed by atoms with E-state index >= 15 is 0 Å². The van der Waals surface area contributed by atoms with Crippen LogP contribution >= 0.6 is 24.0 Å². The Hall–Kier alpha value is -2.91. The third kappa shape index (κ3) is 3.26. The van der Waals surface area contributed by atoms with E-state index in [1.54, 1.807) is 24.3 Å². The number of carbonyl (C=O) groups is 1. The summed E-state index contributed by atoms with van der Waals surface area (Å²) in [6.45, 7) is 0. The van der Waals surface area contributed by atoms with E-state index in [-0.39, 0.29) is 27.2 Å². The number of rotatable bonds is 4. The number of phenolic OH excluding ortho intramolecular Hbond substituents is 1. The van der Waals surface area contributed by atoms with Gasteiger partial charge in [0.2, 0.25) is 0 Å². The Morgan fingerprint density at radius 2 is 2.04 bits per heavy atom. The molecule has 0 saturated carbocycles. The molecule has 9 heteroatoms. The molecular formula is C17H12N2O5S2. The molecule has 0 bridgehead atoms. The number of hydrogen-bond acceptors (Lipinski definition) is 7. The highest BCUT2D eigenvalue weighted by atomic mass is 32.2. The first-order chi connectivity index (χ1) is 12.4. The number of ether oxygens (including phenoxy) is 1. The van der Waals surface area contributed by atoms with Gasteiger partial charge in [-0.1, -0.05) is 42.2 Å². The maximum absolute atomic E-state index is 12.8. The summed E-state index contributed by atoms with van der Waals surface area (Å²) in [5.41, 5.74) is 0.561. The van der Waals surface area contributed by atoms with Gasteiger partial charge in [0.15, 0.2) is 15.8 Å². The number of benzene rings is 2. The number of hydrogen-bond donors (Lipinski definition) is 1. The number of methoxy groups -OCH3 is 1. The van der Waals surface area contributed by atoms with Crippen LogP contribution in [0.4, 0.5) is 11.4 Å². The van der Waals surface area contributed by atoms with E-state index in [9.17, 15) is 20.0 Å². The van der Waals surface area contributed by atoms with Gasteiger partial charge in [-0.3, -0.25) is 19.8 Å². The monoisotopic (exact) mass is 388 g/mol. The molecular weight excluding hydrogens is 376 g/mol. The van der Waals surface area contributed by atoms with E-state index in [1.165, 1.54) is 31.4 Å². The number of anilines is 1. The first-order valence-electron chi connectivity index (χ1n) is 7.30. The molecule has 7 nitrogen and oxygen atoms in total. The highest BCUT2D eigenvalue weighted by Crippen LogP contribution is 2.40. The van der Waals surface area contributed by atoms with Crippen LogP contribution in [0.2, 0.25) is 0 Å². The highest BCUT2D eigenvalue weighted by Gasteiger charge is 2.36. The molecule has 26 heavy (non-hydrogen) atoms. The molecule has 0 aliphatic carbocycles. The Bertz CT molecular complexity index is 958. The van der Waals surface area contributed by atoms with Gasteiger partial charge in [-0.25, -0.2) is 0 Å². The number of carbonyl (C=O) groups excluding carboxylic acids is 1. The van der Waals surface area contributed by atoms with Crippen molar-refractivity contribution in [2.24, 2.45) is 0 Å². The van der Waals surface area contributed by atoms with E-state index in [0.717, 1.165) is 16.7 Å². The summed E-state index contributed by atoms with van der Waals surface area (Å²) in [7, 11) is 1.42. The lowest BCUT2D eigenvalue weighted by atomic mass is 10.2. The van der Waals surface area contributed by atoms with E-state index in [4.69, 9.17) is 17.0 Å². The minimum Gasteiger partial charge on any atom is -0.504 e. The van der Waals surface area contributed by atoms with E-state index in [2.05, 4.69) is 0 Å². The SMILES string of the molecule is COc1cc(/C=C2\SC(=S)N(c3ccccc3[N+](=O)[O-])C2=O)ccc1O. The Labute approximate surface area is 158 Å². The quantitative estimate of drug-likeness (QED) is 0.369. The van der Waals surface area contributed by atoms with Crippen LogP contribution in [0.5, 0.6) is 11.5 Å². The van der Waals surface area contributed by atoms with Crippen LogP contribution in [0.25, 0.3) is 6.08 Å². The van der Waals surface area contributed by atoms with Crippen molar-refractivity contribution in [3.63, 3.8) is 0 Å². The molecule has 0 radical (unpaired) electrons. The molecule has 0 atom stereocenters. The maximum Gasteiger partial charge on any atom is 0.293 e. The van der Waals surface area contributed by atoms with Crippen molar-refractivity contribution in [3.8, 4) is 11.5 Å². The lowest BCUT2D eigenvalue weighted by Gasteiger charge is -2.14. The molecule has 3 rings (SSSR count). The molecule has 0 spiro atoms. The zero-order valence-corrected chi connectivity index (χ0v) is 15.0. The van der Waals surface area contributed by atoms with Gasteiger partial charge in [-0.05, 0) is 29.8 Å². The van der Waals surface area contributed by atoms with Crippen molar-refractivity contribution in [3.05, 3.63) is 63.0 Å². The average Bonchev–Trinajstić information content (AvgIpc) is 2.90. The number of aromatic hydroxyl groups is 1. The summed E-state index contributed by atoms with van der Waals surface area (Å²) in [6, 6.07) is 10.6. The van der Waals surface area contributed by atoms with Crippen molar-refractivity contribution < 1.29 is 19.6 Å². The van der Waals surface area contributed by atoms with Crippen molar-refractivity contribution in [2.75, 3.05) is 12.0 Å². The summed E-state index contributed by atoms with van der Waals surface area (Å²) >= 11 is 6.30. The average molecular weight is 388 g/mol. The minimum absolute atomic E-state index is 0.0166. The van der Waals surface area contributed by atoms with Crippen molar-refractivity contribution >= 4 is 51.7 Å². The largest absolute Gasteiger partial charge is 0.504 e. The van der Waals surface area contributed by atoms with Gasteiger partial charge in [0.25, 0.3) is 11.6 Å². The lowest BCUT2D eigenvalue weighted by molar-refractivity contribution is -0.384. The number of phenols is 1. The Morgan fingerprint density at radius 1 is 1.31 bits per heavy atom. The standard InChI is InChI=1S/C17H12N2O5S2/c1-24-14-8-10(6-7-13(14)20)9-15-16(21)18(17(25)26-15)11-4-2-3-5-12(11)19(22)23/h2-9,20H,1H3/b15-9-. The topological polar surface area (TPSA) is 92.9 Å². The summed E-state index contributed by atoms with van der Waals surface area (Å²) in [6.07, 6.45) is 1.59. The molecule has 1 saturated heterocycles. The smallest absolute Gasteiger partial charge is 0.293 e. The molecule has 132 valence electrons. The molecule has 1 N–H and O–H groups in total. The van der Waals surface area contributed by atoms with E-state index < -0.39 is 10.8 Å². The van der Waals surface area contributed by atoms with Crippen LogP contribution in [-0.2, 0) is 4.79 Å². The Morgan fingerprint density at radius 3 is 2.73 bits per heavy atom. The summed E-state index contributed by atoms with van der Waals surface area (Å²) in [4.78, 5) is 24.9. The van der Waals surface area contributed by atoms with Crippen LogP contribution < -0.4 is 9.64 Å². The lowest BCUT2D eigenvalue weighted by Crippen LogP contribution is -2.28. The van der Waals surface area contributed by atoms with E-state index in [1.807, 2.05) is 0 Å². The number of nitrogens with zero attached hydrogens (tertiary/aromatic N) is 2. The van der Waals surface area contributed by atoms with Gasteiger partial charge < -0.3 is 9.84 Å². The van der Waals surface area contributed by atoms with Gasteiger partial charge in [0, 0.05) is 6.07 Å². The molecule has 1 heterocycles. The fraction of sp³-hybridized carbons (Fsp3) is 0.0588. The van der Waals surface area contributed by atoms with Gasteiger partial charge in [0.1, 0.15) is 5.69 Å². The van der Waals surface area contributed by atoms with Crippen LogP contribution in [0.15, 0.2) is 47.4 Å². The molecule has 2 aromatic rings. The summed E-state index contributed by atoms with van der Waals surface area (Å²) in [5, 5.41) is 20.9. The van der Waals surface area contributed by atoms with Gasteiger partial charge in [-0.2, -0.15) is 0 Å². The van der Waals surface area contributed by atoms with Crippen molar-refractivity contribution in [1.82, 2.24) is 0 Å². The zero-order chi connectivity index (χ0) is 18.8. The predicted molar refractivity (Wildman–Crippen MR) is 103 cm³/mol. The molecule has 1 aliphatic rings. The second kappa shape index (κ2) is 7.14. The molecule has 0 unspecified atom stereocenters. The van der Waals surface area contributed by atoms with Gasteiger partial charge >= 0.3 is 0 Å². The number of nitro groups is 1. The van der Waals surface area contributed by atoms with Gasteiger partial charge in [-0.15, -0.1) is 0 Å².